The van der Waals surface area contributed by atoms with Gasteiger partial charge in [-0.3, -0.25) is 0 Å². The minimum Gasteiger partial charge on any atom is -0.324 e. The first-order valence-corrected chi connectivity index (χ1v) is 4.83. The second-order valence-electron chi connectivity index (χ2n) is 2.97. The van der Waals surface area contributed by atoms with E-state index >= 15 is 0 Å². The van der Waals surface area contributed by atoms with Crippen molar-refractivity contribution in [2.75, 3.05) is 0 Å². The van der Waals surface area contributed by atoms with Crippen LogP contribution >= 0.6 is 11.3 Å². The van der Waals surface area contributed by atoms with Gasteiger partial charge in [0.2, 0.25) is 0 Å². The molecule has 0 saturated carbocycles. The Morgan fingerprint density at radius 1 is 1.75 bits per heavy atom. The zero-order chi connectivity index (χ0) is 9.14. The molecule has 0 bridgehead atoms. The van der Waals surface area contributed by atoms with Crippen molar-refractivity contribution in [1.82, 2.24) is 4.98 Å². The third-order valence-corrected chi connectivity index (χ3v) is 2.52. The highest BCUT2D eigenvalue weighted by atomic mass is 32.1. The quantitative estimate of drug-likeness (QED) is 0.761. The van der Waals surface area contributed by atoms with Crippen LogP contribution in [0.15, 0.2) is 11.0 Å². The summed E-state index contributed by atoms with van der Waals surface area (Å²) in [4.78, 5) is 4.32. The lowest BCUT2D eigenvalue weighted by Crippen LogP contribution is -2.15. The Morgan fingerprint density at radius 2 is 2.42 bits per heavy atom. The maximum Gasteiger partial charge on any atom is 0.0901 e. The van der Waals surface area contributed by atoms with Crippen molar-refractivity contribution in [2.24, 2.45) is 5.73 Å². The molecule has 1 heterocycles. The smallest absolute Gasteiger partial charge is 0.0901 e. The molecule has 1 unspecified atom stereocenters. The molecule has 12 heavy (non-hydrogen) atoms. The van der Waals surface area contributed by atoms with Crippen molar-refractivity contribution in [3.05, 3.63) is 21.7 Å². The molecule has 66 valence electrons. The van der Waals surface area contributed by atoms with Gasteiger partial charge in [-0.1, -0.05) is 5.57 Å². The maximum atomic E-state index is 5.70. The second kappa shape index (κ2) is 3.83. The molecule has 0 aromatic carbocycles. The number of hydrogen-bond donors (Lipinski definition) is 1. The molecule has 1 aromatic rings. The van der Waals surface area contributed by atoms with E-state index in [4.69, 9.17) is 5.73 Å². The molecule has 0 radical (unpaired) electrons. The lowest BCUT2D eigenvalue weighted by molar-refractivity contribution is 0.867. The lowest BCUT2D eigenvalue weighted by atomic mass is 10.1. The van der Waals surface area contributed by atoms with Gasteiger partial charge < -0.3 is 5.73 Å². The summed E-state index contributed by atoms with van der Waals surface area (Å²) in [5.41, 5.74) is 7.89. The molecule has 2 N–H and O–H groups in total. The van der Waals surface area contributed by atoms with Crippen molar-refractivity contribution in [3.63, 3.8) is 0 Å². The molecule has 3 heteroatoms. The summed E-state index contributed by atoms with van der Waals surface area (Å²) < 4.78 is 0. The van der Waals surface area contributed by atoms with Gasteiger partial charge >= 0.3 is 0 Å². The van der Waals surface area contributed by atoms with Crippen LogP contribution in [-0.4, -0.2) is 11.0 Å². The number of thiazole rings is 1. The Hall–Kier alpha value is -0.670. The zero-order valence-corrected chi connectivity index (χ0v) is 8.48. The average Bonchev–Trinajstić information content (AvgIpc) is 2.35. The largest absolute Gasteiger partial charge is 0.324 e. The van der Waals surface area contributed by atoms with E-state index in [-0.39, 0.29) is 6.04 Å². The van der Waals surface area contributed by atoms with E-state index < -0.39 is 0 Å². The van der Waals surface area contributed by atoms with Crippen LogP contribution in [0, 0.1) is 6.92 Å². The molecule has 0 saturated heterocycles. The molecule has 0 aliphatic heterocycles. The Balaban J connectivity index is 2.80. The molecule has 1 rings (SSSR count). The lowest BCUT2D eigenvalue weighted by Gasteiger charge is -2.02. The minimum atomic E-state index is 0.118. The molecular formula is C9H14N2S. The summed E-state index contributed by atoms with van der Waals surface area (Å²) in [5, 5.41) is 3.14. The van der Waals surface area contributed by atoms with Gasteiger partial charge in [-0.25, -0.2) is 4.98 Å². The monoisotopic (exact) mass is 182 g/mol. The normalized spacial score (nSPS) is 14.8. The Kier molecular flexibility index (Phi) is 3.00. The van der Waals surface area contributed by atoms with E-state index in [1.807, 2.05) is 32.2 Å². The van der Waals surface area contributed by atoms with Gasteiger partial charge in [-0.15, -0.1) is 11.3 Å². The minimum absolute atomic E-state index is 0.118. The van der Waals surface area contributed by atoms with Crippen LogP contribution in [0.25, 0.3) is 6.08 Å². The highest BCUT2D eigenvalue weighted by Gasteiger charge is 1.98. The zero-order valence-electron chi connectivity index (χ0n) is 7.66. The molecule has 0 spiro atoms. The standard InChI is InChI=1S/C9H14N2S/c1-6(7(2)10)4-9-5-12-8(3)11-9/h4-5,7H,10H2,1-3H3. The van der Waals surface area contributed by atoms with Gasteiger partial charge in [0, 0.05) is 11.4 Å². The molecule has 1 aromatic heterocycles. The predicted octanol–water partition coefficient (Wildman–Crippen LogP) is 2.20. The van der Waals surface area contributed by atoms with Crippen LogP contribution in [0.3, 0.4) is 0 Å². The first-order valence-electron chi connectivity index (χ1n) is 3.95. The molecule has 0 fully saturated rings. The van der Waals surface area contributed by atoms with E-state index in [1.165, 1.54) is 5.57 Å². The molecular weight excluding hydrogens is 168 g/mol. The summed E-state index contributed by atoms with van der Waals surface area (Å²) in [7, 11) is 0. The fourth-order valence-corrected chi connectivity index (χ4v) is 1.38. The van der Waals surface area contributed by atoms with E-state index in [9.17, 15) is 0 Å². The number of nitrogens with two attached hydrogens (primary N) is 1. The van der Waals surface area contributed by atoms with Gasteiger partial charge in [0.25, 0.3) is 0 Å². The summed E-state index contributed by atoms with van der Waals surface area (Å²) >= 11 is 1.66. The van der Waals surface area contributed by atoms with Crippen molar-refractivity contribution in [2.45, 2.75) is 26.8 Å². The van der Waals surface area contributed by atoms with Crippen molar-refractivity contribution in [3.8, 4) is 0 Å². The highest BCUT2D eigenvalue weighted by Crippen LogP contribution is 2.12. The van der Waals surface area contributed by atoms with Gasteiger partial charge in [-0.2, -0.15) is 0 Å². The van der Waals surface area contributed by atoms with Gasteiger partial charge in [0.05, 0.1) is 10.7 Å². The fourth-order valence-electron chi connectivity index (χ4n) is 0.811. The average molecular weight is 182 g/mol. The van der Waals surface area contributed by atoms with E-state index in [2.05, 4.69) is 4.98 Å². The third-order valence-electron chi connectivity index (χ3n) is 1.73. The molecule has 1 atom stereocenters. The Morgan fingerprint density at radius 3 is 2.83 bits per heavy atom. The van der Waals surface area contributed by atoms with Crippen LogP contribution in [0.5, 0.6) is 0 Å². The van der Waals surface area contributed by atoms with Crippen LogP contribution in [0.1, 0.15) is 24.5 Å². The van der Waals surface area contributed by atoms with E-state index in [0.29, 0.717) is 0 Å². The number of hydrogen-bond acceptors (Lipinski definition) is 3. The number of nitrogens with zero attached hydrogens (tertiary/aromatic N) is 1. The fraction of sp³-hybridized carbons (Fsp3) is 0.444. The molecule has 0 aliphatic carbocycles. The number of rotatable bonds is 2. The van der Waals surface area contributed by atoms with Crippen molar-refractivity contribution >= 4 is 17.4 Å². The first kappa shape index (κ1) is 9.42. The number of aryl methyl sites for hydroxylation is 1. The van der Waals surface area contributed by atoms with Gasteiger partial charge in [0.1, 0.15) is 0 Å². The summed E-state index contributed by atoms with van der Waals surface area (Å²) in [6, 6.07) is 0.118. The SMILES string of the molecule is CC(=Cc1csc(C)n1)C(C)N. The molecule has 2 nitrogen and oxygen atoms in total. The topological polar surface area (TPSA) is 38.9 Å². The van der Waals surface area contributed by atoms with Crippen LogP contribution in [-0.2, 0) is 0 Å². The van der Waals surface area contributed by atoms with Crippen molar-refractivity contribution in [1.29, 1.82) is 0 Å². The Bertz CT molecular complexity index is 286. The van der Waals surface area contributed by atoms with E-state index in [1.54, 1.807) is 11.3 Å². The van der Waals surface area contributed by atoms with Gasteiger partial charge in [0.15, 0.2) is 0 Å². The molecule has 0 aliphatic rings. The van der Waals surface area contributed by atoms with Crippen LogP contribution < -0.4 is 5.73 Å². The second-order valence-corrected chi connectivity index (χ2v) is 4.03. The van der Waals surface area contributed by atoms with Crippen LogP contribution in [0.2, 0.25) is 0 Å². The maximum absolute atomic E-state index is 5.70. The third kappa shape index (κ3) is 2.43. The van der Waals surface area contributed by atoms with E-state index in [0.717, 1.165) is 10.7 Å². The number of aromatic nitrogens is 1. The summed E-state index contributed by atoms with van der Waals surface area (Å²) in [6.07, 6.45) is 2.04. The first-order chi connectivity index (χ1) is 5.59. The predicted molar refractivity (Wildman–Crippen MR) is 54.2 cm³/mol. The molecule has 0 amide bonds. The summed E-state index contributed by atoms with van der Waals surface area (Å²) in [6.45, 7) is 6.01. The van der Waals surface area contributed by atoms with Crippen molar-refractivity contribution < 1.29 is 0 Å². The van der Waals surface area contributed by atoms with Crippen LogP contribution in [0.4, 0.5) is 0 Å². The summed E-state index contributed by atoms with van der Waals surface area (Å²) in [5.74, 6) is 0. The van der Waals surface area contributed by atoms with Gasteiger partial charge in [-0.05, 0) is 26.8 Å². The highest BCUT2D eigenvalue weighted by molar-refractivity contribution is 7.09. The Labute approximate surface area is 77.1 Å².